The fourth-order valence-electron chi connectivity index (χ4n) is 3.17. The van der Waals surface area contributed by atoms with Gasteiger partial charge in [-0.25, -0.2) is 5.43 Å². The van der Waals surface area contributed by atoms with Gasteiger partial charge in [0, 0.05) is 5.02 Å². The monoisotopic (exact) mass is 544 g/mol. The number of hydrogen-bond acceptors (Lipinski definition) is 5. The van der Waals surface area contributed by atoms with Crippen molar-refractivity contribution in [3.63, 3.8) is 0 Å². The highest BCUT2D eigenvalue weighted by Crippen LogP contribution is 2.35. The van der Waals surface area contributed by atoms with Crippen molar-refractivity contribution in [2.24, 2.45) is 5.10 Å². The number of aryl methyl sites for hydroxylation is 2. The molecule has 0 aliphatic carbocycles. The standard InChI is InChI=1S/C26H26BrClN2O4/c1-16-7-5-6-8-20(16)14-33-21-10-9-19(12-22(21)32-4)13-29-30-24(31)15-34-23-11-17(2)26(28)18(3)25(23)27/h5-13H,14-15H2,1-4H3,(H,30,31)/b29-13+. The second-order valence-electron chi connectivity index (χ2n) is 7.65. The van der Waals surface area contributed by atoms with E-state index in [1.807, 2.05) is 57.2 Å². The fraction of sp³-hybridized carbons (Fsp3) is 0.231. The maximum Gasteiger partial charge on any atom is 0.277 e. The number of hydrogen-bond donors (Lipinski definition) is 1. The van der Waals surface area contributed by atoms with Crippen molar-refractivity contribution in [3.05, 3.63) is 85.8 Å². The third kappa shape index (κ3) is 6.52. The lowest BCUT2D eigenvalue weighted by molar-refractivity contribution is -0.123. The first kappa shape index (κ1) is 25.6. The molecule has 0 aliphatic rings. The minimum absolute atomic E-state index is 0.189. The number of carbonyl (C=O) groups is 1. The van der Waals surface area contributed by atoms with Crippen LogP contribution in [-0.2, 0) is 11.4 Å². The van der Waals surface area contributed by atoms with Crippen LogP contribution in [0.5, 0.6) is 17.2 Å². The number of carbonyl (C=O) groups excluding carboxylic acids is 1. The number of rotatable bonds is 9. The molecule has 0 saturated carbocycles. The number of benzene rings is 3. The van der Waals surface area contributed by atoms with Gasteiger partial charge < -0.3 is 14.2 Å². The van der Waals surface area contributed by atoms with E-state index in [1.54, 1.807) is 19.2 Å². The third-order valence-corrected chi connectivity index (χ3v) is 6.73. The van der Waals surface area contributed by atoms with Crippen LogP contribution in [0.3, 0.4) is 0 Å². The zero-order valence-corrected chi connectivity index (χ0v) is 21.8. The van der Waals surface area contributed by atoms with Gasteiger partial charge in [0.1, 0.15) is 12.4 Å². The van der Waals surface area contributed by atoms with Gasteiger partial charge in [0.15, 0.2) is 18.1 Å². The van der Waals surface area contributed by atoms with Gasteiger partial charge in [-0.3, -0.25) is 4.79 Å². The maximum atomic E-state index is 12.1. The largest absolute Gasteiger partial charge is 0.493 e. The molecule has 0 aromatic heterocycles. The number of hydrazone groups is 1. The summed E-state index contributed by atoms with van der Waals surface area (Å²) in [5, 5.41) is 4.66. The van der Waals surface area contributed by atoms with E-state index < -0.39 is 5.91 Å². The molecule has 3 aromatic rings. The average molecular weight is 546 g/mol. The minimum Gasteiger partial charge on any atom is -0.493 e. The van der Waals surface area contributed by atoms with Crippen LogP contribution in [0.1, 0.15) is 27.8 Å². The van der Waals surface area contributed by atoms with Crippen LogP contribution in [0, 0.1) is 20.8 Å². The highest BCUT2D eigenvalue weighted by atomic mass is 79.9. The second-order valence-corrected chi connectivity index (χ2v) is 8.82. The number of amides is 1. The molecule has 34 heavy (non-hydrogen) atoms. The van der Waals surface area contributed by atoms with Gasteiger partial charge in [0.2, 0.25) is 0 Å². The molecule has 0 unspecified atom stereocenters. The van der Waals surface area contributed by atoms with Crippen molar-refractivity contribution in [1.82, 2.24) is 5.43 Å². The SMILES string of the molecule is COc1cc(/C=N/NC(=O)COc2cc(C)c(Cl)c(C)c2Br)ccc1OCc1ccccc1C. The molecule has 1 N–H and O–H groups in total. The predicted molar refractivity (Wildman–Crippen MR) is 138 cm³/mol. The summed E-state index contributed by atoms with van der Waals surface area (Å²) in [5.41, 5.74) is 7.20. The van der Waals surface area contributed by atoms with E-state index in [4.69, 9.17) is 25.8 Å². The zero-order chi connectivity index (χ0) is 24.7. The smallest absolute Gasteiger partial charge is 0.277 e. The van der Waals surface area contributed by atoms with Crippen LogP contribution in [0.25, 0.3) is 0 Å². The van der Waals surface area contributed by atoms with E-state index in [9.17, 15) is 4.79 Å². The molecule has 6 nitrogen and oxygen atoms in total. The summed E-state index contributed by atoms with van der Waals surface area (Å²) < 4.78 is 17.7. The first-order valence-electron chi connectivity index (χ1n) is 10.6. The van der Waals surface area contributed by atoms with Gasteiger partial charge >= 0.3 is 0 Å². The molecule has 0 heterocycles. The van der Waals surface area contributed by atoms with Gasteiger partial charge in [-0.1, -0.05) is 35.9 Å². The van der Waals surface area contributed by atoms with Crippen molar-refractivity contribution in [2.75, 3.05) is 13.7 Å². The lowest BCUT2D eigenvalue weighted by atomic mass is 10.1. The van der Waals surface area contributed by atoms with Crippen molar-refractivity contribution < 1.29 is 19.0 Å². The Morgan fingerprint density at radius 2 is 1.79 bits per heavy atom. The molecule has 0 aliphatic heterocycles. The van der Waals surface area contributed by atoms with Crippen LogP contribution >= 0.6 is 27.5 Å². The summed E-state index contributed by atoms with van der Waals surface area (Å²) in [6, 6.07) is 15.3. The van der Waals surface area contributed by atoms with E-state index in [-0.39, 0.29) is 6.61 Å². The lowest BCUT2D eigenvalue weighted by Gasteiger charge is -2.13. The molecule has 0 bridgehead atoms. The Labute approximate surface area is 213 Å². The van der Waals surface area contributed by atoms with E-state index >= 15 is 0 Å². The summed E-state index contributed by atoms with van der Waals surface area (Å²) in [6.45, 7) is 6.06. The average Bonchev–Trinajstić information content (AvgIpc) is 2.84. The van der Waals surface area contributed by atoms with E-state index in [0.717, 1.165) is 26.7 Å². The van der Waals surface area contributed by atoms with Crippen LogP contribution in [0.15, 0.2) is 58.1 Å². The number of nitrogens with one attached hydrogen (secondary N) is 1. The van der Waals surface area contributed by atoms with E-state index in [1.165, 1.54) is 11.8 Å². The summed E-state index contributed by atoms with van der Waals surface area (Å²) in [7, 11) is 1.58. The lowest BCUT2D eigenvalue weighted by Crippen LogP contribution is -2.24. The second kappa shape index (κ2) is 11.9. The van der Waals surface area contributed by atoms with Gasteiger partial charge in [0.05, 0.1) is 17.8 Å². The molecule has 0 atom stereocenters. The molecule has 1 amide bonds. The molecule has 0 fully saturated rings. The Balaban J connectivity index is 1.56. The fourth-order valence-corrected chi connectivity index (χ4v) is 3.86. The van der Waals surface area contributed by atoms with Crippen molar-refractivity contribution in [1.29, 1.82) is 0 Å². The van der Waals surface area contributed by atoms with Crippen LogP contribution < -0.4 is 19.6 Å². The van der Waals surface area contributed by atoms with Crippen molar-refractivity contribution in [2.45, 2.75) is 27.4 Å². The molecular formula is C26H26BrClN2O4. The van der Waals surface area contributed by atoms with Crippen molar-refractivity contribution >= 4 is 39.7 Å². The van der Waals surface area contributed by atoms with Crippen LogP contribution in [0.2, 0.25) is 5.02 Å². The van der Waals surface area contributed by atoms with Crippen molar-refractivity contribution in [3.8, 4) is 17.2 Å². The molecule has 3 aromatic carbocycles. The summed E-state index contributed by atoms with van der Waals surface area (Å²) >= 11 is 9.68. The first-order chi connectivity index (χ1) is 16.3. The minimum atomic E-state index is -0.390. The summed E-state index contributed by atoms with van der Waals surface area (Å²) in [6.07, 6.45) is 1.53. The number of nitrogens with zero attached hydrogens (tertiary/aromatic N) is 1. The Bertz CT molecular complexity index is 1210. The molecule has 8 heteroatoms. The highest BCUT2D eigenvalue weighted by Gasteiger charge is 2.12. The maximum absolute atomic E-state index is 12.1. The number of methoxy groups -OCH3 is 1. The Kier molecular flexibility index (Phi) is 8.96. The first-order valence-corrected chi connectivity index (χ1v) is 11.7. The Hall–Kier alpha value is -3.03. The van der Waals surface area contributed by atoms with E-state index in [0.29, 0.717) is 28.9 Å². The topological polar surface area (TPSA) is 69.2 Å². The highest BCUT2D eigenvalue weighted by molar-refractivity contribution is 9.10. The molecule has 0 spiro atoms. The van der Waals surface area contributed by atoms with Gasteiger partial charge in [-0.05, 0) is 88.8 Å². The third-order valence-electron chi connectivity index (χ3n) is 5.16. The normalized spacial score (nSPS) is 10.9. The van der Waals surface area contributed by atoms with Crippen LogP contribution in [0.4, 0.5) is 0 Å². The predicted octanol–water partition coefficient (Wildman–Crippen LogP) is 6.14. The molecule has 3 rings (SSSR count). The zero-order valence-electron chi connectivity index (χ0n) is 19.4. The number of ether oxygens (including phenoxy) is 3. The quantitative estimate of drug-likeness (QED) is 0.259. The van der Waals surface area contributed by atoms with E-state index in [2.05, 4.69) is 26.5 Å². The molecular weight excluding hydrogens is 520 g/mol. The molecule has 0 saturated heterocycles. The molecule has 0 radical (unpaired) electrons. The number of halogens is 2. The van der Waals surface area contributed by atoms with Gasteiger partial charge in [-0.15, -0.1) is 0 Å². The Morgan fingerprint density at radius 3 is 2.53 bits per heavy atom. The summed E-state index contributed by atoms with van der Waals surface area (Å²) in [5.74, 6) is 1.35. The molecule has 178 valence electrons. The Morgan fingerprint density at radius 1 is 1.03 bits per heavy atom. The van der Waals surface area contributed by atoms with Crippen LogP contribution in [-0.4, -0.2) is 25.8 Å². The van der Waals surface area contributed by atoms with Gasteiger partial charge in [0.25, 0.3) is 5.91 Å². The summed E-state index contributed by atoms with van der Waals surface area (Å²) in [4.78, 5) is 12.1. The van der Waals surface area contributed by atoms with Gasteiger partial charge in [-0.2, -0.15) is 5.10 Å².